The van der Waals surface area contributed by atoms with E-state index in [0.717, 1.165) is 11.1 Å². The van der Waals surface area contributed by atoms with E-state index >= 15 is 0 Å². The van der Waals surface area contributed by atoms with Gasteiger partial charge in [0.2, 0.25) is 5.91 Å². The molecular weight excluding hydrogens is 380 g/mol. The number of hydrogen-bond acceptors (Lipinski definition) is 5. The highest BCUT2D eigenvalue weighted by Crippen LogP contribution is 2.26. The van der Waals surface area contributed by atoms with E-state index in [1.165, 1.54) is 5.56 Å². The fourth-order valence-electron chi connectivity index (χ4n) is 3.70. The van der Waals surface area contributed by atoms with Crippen LogP contribution in [0.3, 0.4) is 0 Å². The lowest BCUT2D eigenvalue weighted by molar-refractivity contribution is -0.117. The van der Waals surface area contributed by atoms with Crippen molar-refractivity contribution in [2.24, 2.45) is 0 Å². The number of amides is 2. The lowest BCUT2D eigenvalue weighted by atomic mass is 9.91. The van der Waals surface area contributed by atoms with Crippen molar-refractivity contribution in [1.82, 2.24) is 15.0 Å². The minimum Gasteiger partial charge on any atom is -0.360 e. The summed E-state index contributed by atoms with van der Waals surface area (Å²) in [5.41, 5.74) is 3.16. The number of anilines is 1. The van der Waals surface area contributed by atoms with E-state index < -0.39 is 0 Å². The average molecular weight is 413 g/mol. The number of carbonyl (C=O) groups excluding carboxylic acids is 2. The molecule has 1 fully saturated rings. The summed E-state index contributed by atoms with van der Waals surface area (Å²) in [6.07, 6.45) is 0. The Morgan fingerprint density at radius 3 is 2.33 bits per heavy atom. The molecule has 1 aliphatic heterocycles. The van der Waals surface area contributed by atoms with Gasteiger partial charge in [0.1, 0.15) is 5.76 Å². The summed E-state index contributed by atoms with van der Waals surface area (Å²) in [6, 6.07) is 7.91. The van der Waals surface area contributed by atoms with Crippen LogP contribution in [-0.2, 0) is 4.79 Å². The average Bonchev–Trinajstić information content (AvgIpc) is 3.11. The van der Waals surface area contributed by atoms with Crippen molar-refractivity contribution in [2.75, 3.05) is 38.0 Å². The Hall–Kier alpha value is -2.67. The van der Waals surface area contributed by atoms with E-state index in [-0.39, 0.29) is 24.3 Å². The topological polar surface area (TPSA) is 78.7 Å². The molecule has 0 saturated carbocycles. The van der Waals surface area contributed by atoms with Crippen molar-refractivity contribution in [3.63, 3.8) is 0 Å². The molecule has 0 aliphatic carbocycles. The van der Waals surface area contributed by atoms with Gasteiger partial charge in [0.15, 0.2) is 5.82 Å². The van der Waals surface area contributed by atoms with Crippen LogP contribution < -0.4 is 5.32 Å². The van der Waals surface area contributed by atoms with Crippen LogP contribution in [0, 0.1) is 6.92 Å². The van der Waals surface area contributed by atoms with Crippen molar-refractivity contribution in [2.45, 2.75) is 46.5 Å². The molecule has 1 saturated heterocycles. The Labute approximate surface area is 178 Å². The molecule has 1 aromatic carbocycles. The van der Waals surface area contributed by atoms with Crippen LogP contribution in [0.4, 0.5) is 5.82 Å². The number of nitrogens with zero attached hydrogens (tertiary/aromatic N) is 3. The summed E-state index contributed by atoms with van der Waals surface area (Å²) >= 11 is 0. The van der Waals surface area contributed by atoms with Crippen LogP contribution in [0.15, 0.2) is 28.8 Å². The first-order chi connectivity index (χ1) is 14.2. The summed E-state index contributed by atoms with van der Waals surface area (Å²) in [7, 11) is 0. The van der Waals surface area contributed by atoms with Crippen molar-refractivity contribution in [3.8, 4) is 0 Å². The first-order valence-electron chi connectivity index (χ1n) is 10.6. The van der Waals surface area contributed by atoms with Gasteiger partial charge in [0.05, 0.1) is 6.54 Å². The predicted molar refractivity (Wildman–Crippen MR) is 117 cm³/mol. The van der Waals surface area contributed by atoms with Gasteiger partial charge < -0.3 is 14.7 Å². The zero-order chi connectivity index (χ0) is 21.8. The van der Waals surface area contributed by atoms with Crippen LogP contribution >= 0.6 is 0 Å². The highest BCUT2D eigenvalue weighted by molar-refractivity contribution is 5.96. The summed E-state index contributed by atoms with van der Waals surface area (Å²) in [5.74, 6) is 1.75. The number of aryl methyl sites for hydroxylation is 1. The van der Waals surface area contributed by atoms with Gasteiger partial charge in [-0.3, -0.25) is 14.5 Å². The Morgan fingerprint density at radius 2 is 1.77 bits per heavy atom. The van der Waals surface area contributed by atoms with Crippen LogP contribution in [0.1, 0.15) is 66.8 Å². The number of carbonyl (C=O) groups is 2. The second kappa shape index (κ2) is 9.43. The molecule has 7 nitrogen and oxygen atoms in total. The van der Waals surface area contributed by atoms with Crippen molar-refractivity contribution < 1.29 is 14.1 Å². The number of rotatable bonds is 6. The third kappa shape index (κ3) is 5.27. The largest absolute Gasteiger partial charge is 0.360 e. The fourth-order valence-corrected chi connectivity index (χ4v) is 3.70. The minimum absolute atomic E-state index is 0.0798. The summed E-state index contributed by atoms with van der Waals surface area (Å²) in [5, 5.41) is 6.52. The minimum atomic E-state index is -0.130. The Kier molecular flexibility index (Phi) is 6.92. The molecule has 1 N–H and O–H groups in total. The molecule has 2 amide bonds. The molecule has 0 spiro atoms. The molecule has 0 unspecified atom stereocenters. The first kappa shape index (κ1) is 22.0. The maximum absolute atomic E-state index is 13.2. The van der Waals surface area contributed by atoms with Gasteiger partial charge >= 0.3 is 0 Å². The van der Waals surface area contributed by atoms with Crippen molar-refractivity contribution >= 4 is 17.6 Å². The molecule has 7 heteroatoms. The number of hydrogen-bond donors (Lipinski definition) is 1. The van der Waals surface area contributed by atoms with Gasteiger partial charge in [-0.1, -0.05) is 45.0 Å². The lowest BCUT2D eigenvalue weighted by Gasteiger charge is -2.34. The Bertz CT molecular complexity index is 896. The SMILES string of the molecule is Cc1cc(NC(=O)CN2CCN(C(=O)c3ccc(C(C)C)cc3C(C)C)CC2)no1. The van der Waals surface area contributed by atoms with Crippen LogP contribution in [-0.4, -0.2) is 59.5 Å². The summed E-state index contributed by atoms with van der Waals surface area (Å²) in [6.45, 7) is 13.2. The number of benzene rings is 1. The molecule has 0 radical (unpaired) electrons. The van der Waals surface area contributed by atoms with Gasteiger partial charge in [-0.05, 0) is 36.0 Å². The molecule has 30 heavy (non-hydrogen) atoms. The highest BCUT2D eigenvalue weighted by atomic mass is 16.5. The third-order valence-corrected chi connectivity index (χ3v) is 5.52. The van der Waals surface area contributed by atoms with Crippen molar-refractivity contribution in [1.29, 1.82) is 0 Å². The lowest BCUT2D eigenvalue weighted by Crippen LogP contribution is -2.50. The van der Waals surface area contributed by atoms with Gasteiger partial charge in [-0.2, -0.15) is 0 Å². The number of aromatic nitrogens is 1. The standard InChI is InChI=1S/C23H32N4O3/c1-15(2)18-6-7-19(20(13-18)16(3)4)23(29)27-10-8-26(9-11-27)14-22(28)24-21-12-17(5)30-25-21/h6-7,12-13,15-16H,8-11,14H2,1-5H3,(H,24,25,28). The second-order valence-corrected chi connectivity index (χ2v) is 8.60. The third-order valence-electron chi connectivity index (χ3n) is 5.52. The molecule has 2 aromatic rings. The van der Waals surface area contributed by atoms with Crippen molar-refractivity contribution in [3.05, 3.63) is 46.7 Å². The molecule has 1 aliphatic rings. The molecule has 1 aromatic heterocycles. The van der Waals surface area contributed by atoms with Gasteiger partial charge in [0.25, 0.3) is 5.91 Å². The monoisotopic (exact) mass is 412 g/mol. The van der Waals surface area contributed by atoms with E-state index in [1.807, 2.05) is 11.0 Å². The molecule has 162 valence electrons. The maximum Gasteiger partial charge on any atom is 0.254 e. The van der Waals surface area contributed by atoms with E-state index in [1.54, 1.807) is 13.0 Å². The van der Waals surface area contributed by atoms with Crippen LogP contribution in [0.25, 0.3) is 0 Å². The van der Waals surface area contributed by atoms with Gasteiger partial charge in [-0.15, -0.1) is 0 Å². The molecular formula is C23H32N4O3. The zero-order valence-corrected chi connectivity index (χ0v) is 18.6. The van der Waals surface area contributed by atoms with E-state index in [9.17, 15) is 9.59 Å². The van der Waals surface area contributed by atoms with E-state index in [4.69, 9.17) is 4.52 Å². The van der Waals surface area contributed by atoms with Gasteiger partial charge in [-0.25, -0.2) is 0 Å². The smallest absolute Gasteiger partial charge is 0.254 e. The molecule has 2 heterocycles. The molecule has 3 rings (SSSR count). The quantitative estimate of drug-likeness (QED) is 0.784. The Morgan fingerprint density at radius 1 is 1.07 bits per heavy atom. The normalized spacial score (nSPS) is 15.1. The zero-order valence-electron chi connectivity index (χ0n) is 18.6. The van der Waals surface area contributed by atoms with E-state index in [0.29, 0.717) is 43.7 Å². The molecule has 0 bridgehead atoms. The molecule has 0 atom stereocenters. The van der Waals surface area contributed by atoms with E-state index in [2.05, 4.69) is 55.2 Å². The Balaban J connectivity index is 1.58. The highest BCUT2D eigenvalue weighted by Gasteiger charge is 2.25. The van der Waals surface area contributed by atoms with Gasteiger partial charge in [0, 0.05) is 37.8 Å². The maximum atomic E-state index is 13.2. The predicted octanol–water partition coefficient (Wildman–Crippen LogP) is 3.63. The summed E-state index contributed by atoms with van der Waals surface area (Å²) in [4.78, 5) is 29.4. The second-order valence-electron chi connectivity index (χ2n) is 8.60. The van der Waals surface area contributed by atoms with Crippen LogP contribution in [0.5, 0.6) is 0 Å². The number of nitrogens with one attached hydrogen (secondary N) is 1. The van der Waals surface area contributed by atoms with Crippen LogP contribution in [0.2, 0.25) is 0 Å². The number of piperazine rings is 1. The summed E-state index contributed by atoms with van der Waals surface area (Å²) < 4.78 is 4.96. The first-order valence-corrected chi connectivity index (χ1v) is 10.6. The fraction of sp³-hybridized carbons (Fsp3) is 0.522.